The monoisotopic (exact) mass is 272 g/mol. The van der Waals surface area contributed by atoms with Gasteiger partial charge in [0, 0.05) is 19.0 Å². The quantitative estimate of drug-likeness (QED) is 0.381. The third-order valence-corrected chi connectivity index (χ3v) is 2.70. The second-order valence-corrected chi connectivity index (χ2v) is 3.98. The van der Waals surface area contributed by atoms with Gasteiger partial charge in [0.05, 0.1) is 22.2 Å². The zero-order chi connectivity index (χ0) is 14.5. The number of aromatic nitrogens is 2. The van der Waals surface area contributed by atoms with Crippen molar-refractivity contribution in [3.63, 3.8) is 0 Å². The zero-order valence-corrected chi connectivity index (χ0v) is 10.8. The molecule has 20 heavy (non-hydrogen) atoms. The van der Waals surface area contributed by atoms with Crippen LogP contribution < -0.4 is 10.9 Å². The molecule has 102 valence electrons. The summed E-state index contributed by atoms with van der Waals surface area (Å²) in [5.74, 6) is 5.61. The molecule has 2 N–H and O–H groups in total. The predicted octanol–water partition coefficient (Wildman–Crippen LogP) is 1.66. The smallest absolute Gasteiger partial charge is 0.293 e. The lowest BCUT2D eigenvalue weighted by atomic mass is 10.2. The normalized spacial score (nSPS) is 9.85. The van der Waals surface area contributed by atoms with Gasteiger partial charge in [0.2, 0.25) is 0 Å². The molecule has 0 saturated heterocycles. The van der Waals surface area contributed by atoms with Crippen LogP contribution >= 0.6 is 0 Å². The van der Waals surface area contributed by atoms with E-state index in [1.165, 1.54) is 18.5 Å². The summed E-state index contributed by atoms with van der Waals surface area (Å²) in [6, 6.07) is 2.73. The van der Waals surface area contributed by atoms with E-state index in [0.717, 1.165) is 0 Å². The van der Waals surface area contributed by atoms with E-state index in [9.17, 15) is 14.9 Å². The predicted molar refractivity (Wildman–Crippen MR) is 75.6 cm³/mol. The molecule has 0 aliphatic rings. The van der Waals surface area contributed by atoms with E-state index in [2.05, 4.69) is 27.1 Å². The third-order valence-electron chi connectivity index (χ3n) is 2.70. The molecule has 2 rings (SSSR count). The number of anilines is 1. The highest BCUT2D eigenvalue weighted by Crippen LogP contribution is 2.27. The summed E-state index contributed by atoms with van der Waals surface area (Å²) < 4.78 is 0. The fourth-order valence-corrected chi connectivity index (χ4v) is 1.78. The van der Waals surface area contributed by atoms with Gasteiger partial charge in [0.15, 0.2) is 0 Å². The summed E-state index contributed by atoms with van der Waals surface area (Å²) in [6.45, 7) is 2.21. The fraction of sp³-hybridized carbons (Fsp3) is 0.231. The first-order chi connectivity index (χ1) is 9.63. The minimum absolute atomic E-state index is 0.152. The van der Waals surface area contributed by atoms with Gasteiger partial charge in [0.1, 0.15) is 5.69 Å². The number of aromatic amines is 1. The molecular formula is C13H12N4O3. The highest BCUT2D eigenvalue weighted by molar-refractivity contribution is 5.86. The van der Waals surface area contributed by atoms with Crippen LogP contribution in [0.3, 0.4) is 0 Å². The fourth-order valence-electron chi connectivity index (χ4n) is 1.78. The molecule has 1 aromatic carbocycles. The van der Waals surface area contributed by atoms with Crippen molar-refractivity contribution in [2.24, 2.45) is 0 Å². The van der Waals surface area contributed by atoms with Gasteiger partial charge >= 0.3 is 0 Å². The topological polar surface area (TPSA) is 101 Å². The minimum atomic E-state index is -0.528. The van der Waals surface area contributed by atoms with Crippen LogP contribution in [0.25, 0.3) is 10.9 Å². The molecule has 1 aromatic heterocycles. The van der Waals surface area contributed by atoms with Crippen molar-refractivity contribution in [2.45, 2.75) is 13.3 Å². The molecule has 7 heteroatoms. The molecule has 0 unspecified atom stereocenters. The maximum absolute atomic E-state index is 11.6. The summed E-state index contributed by atoms with van der Waals surface area (Å²) in [5.41, 5.74) is 0.184. The van der Waals surface area contributed by atoms with Gasteiger partial charge in [-0.2, -0.15) is 0 Å². The molecule has 0 radical (unpaired) electrons. The van der Waals surface area contributed by atoms with Crippen molar-refractivity contribution in [1.29, 1.82) is 0 Å². The van der Waals surface area contributed by atoms with Gasteiger partial charge in [-0.05, 0) is 13.0 Å². The van der Waals surface area contributed by atoms with Crippen LogP contribution in [0.2, 0.25) is 0 Å². The number of nitro groups is 1. The highest BCUT2D eigenvalue weighted by atomic mass is 16.6. The SMILES string of the molecule is CC#CCCNc1cc2nc[nH]c(=O)c2cc1[N+](=O)[O-]. The summed E-state index contributed by atoms with van der Waals surface area (Å²) in [7, 11) is 0. The van der Waals surface area contributed by atoms with E-state index in [4.69, 9.17) is 0 Å². The largest absolute Gasteiger partial charge is 0.378 e. The standard InChI is InChI=1S/C13H12N4O3/c1-2-3-4-5-14-11-7-10-9(6-12(11)17(19)20)13(18)16-8-15-10/h6-8,14H,4-5H2,1H3,(H,15,16,18). The molecule has 0 amide bonds. The Morgan fingerprint density at radius 3 is 3.00 bits per heavy atom. The van der Waals surface area contributed by atoms with Crippen LogP contribution in [0, 0.1) is 22.0 Å². The Morgan fingerprint density at radius 2 is 2.30 bits per heavy atom. The van der Waals surface area contributed by atoms with E-state index in [1.54, 1.807) is 6.92 Å². The number of nitrogens with zero attached hydrogens (tertiary/aromatic N) is 2. The molecule has 0 fully saturated rings. The van der Waals surface area contributed by atoms with Crippen LogP contribution in [0.15, 0.2) is 23.3 Å². The maximum atomic E-state index is 11.6. The summed E-state index contributed by atoms with van der Waals surface area (Å²) in [5, 5.41) is 14.2. The van der Waals surface area contributed by atoms with Crippen LogP contribution in [-0.4, -0.2) is 21.4 Å². The maximum Gasteiger partial charge on any atom is 0.293 e. The number of hydrogen-bond acceptors (Lipinski definition) is 5. The van der Waals surface area contributed by atoms with E-state index in [-0.39, 0.29) is 11.1 Å². The molecule has 0 bridgehead atoms. The molecular weight excluding hydrogens is 260 g/mol. The van der Waals surface area contributed by atoms with Gasteiger partial charge in [-0.25, -0.2) is 4.98 Å². The van der Waals surface area contributed by atoms with Crippen LogP contribution in [0.1, 0.15) is 13.3 Å². The van der Waals surface area contributed by atoms with E-state index < -0.39 is 10.5 Å². The molecule has 0 saturated carbocycles. The van der Waals surface area contributed by atoms with E-state index in [0.29, 0.717) is 24.2 Å². The highest BCUT2D eigenvalue weighted by Gasteiger charge is 2.16. The lowest BCUT2D eigenvalue weighted by Gasteiger charge is -2.06. The van der Waals surface area contributed by atoms with Crippen molar-refractivity contribution in [2.75, 3.05) is 11.9 Å². The van der Waals surface area contributed by atoms with Crippen molar-refractivity contribution in [1.82, 2.24) is 9.97 Å². The van der Waals surface area contributed by atoms with Crippen molar-refractivity contribution in [3.8, 4) is 11.8 Å². The zero-order valence-electron chi connectivity index (χ0n) is 10.8. The average molecular weight is 272 g/mol. The summed E-state index contributed by atoms with van der Waals surface area (Å²) >= 11 is 0. The summed E-state index contributed by atoms with van der Waals surface area (Å²) in [4.78, 5) is 28.5. The Morgan fingerprint density at radius 1 is 1.50 bits per heavy atom. The third kappa shape index (κ3) is 2.75. The van der Waals surface area contributed by atoms with Crippen LogP contribution in [-0.2, 0) is 0 Å². The van der Waals surface area contributed by atoms with Gasteiger partial charge < -0.3 is 10.3 Å². The molecule has 0 atom stereocenters. The van der Waals surface area contributed by atoms with E-state index in [1.807, 2.05) is 0 Å². The molecule has 2 aromatic rings. The van der Waals surface area contributed by atoms with Gasteiger partial charge in [-0.1, -0.05) is 0 Å². The number of nitro benzene ring substituents is 1. The number of benzene rings is 1. The Hall–Kier alpha value is -2.88. The molecule has 1 heterocycles. The molecule has 0 aliphatic heterocycles. The van der Waals surface area contributed by atoms with Crippen molar-refractivity contribution in [3.05, 3.63) is 38.9 Å². The van der Waals surface area contributed by atoms with E-state index >= 15 is 0 Å². The van der Waals surface area contributed by atoms with Crippen LogP contribution in [0.4, 0.5) is 11.4 Å². The first-order valence-corrected chi connectivity index (χ1v) is 5.93. The number of fused-ring (bicyclic) bond motifs is 1. The first-order valence-electron chi connectivity index (χ1n) is 5.93. The van der Waals surface area contributed by atoms with Gasteiger partial charge in [-0.3, -0.25) is 14.9 Å². The lowest BCUT2D eigenvalue weighted by molar-refractivity contribution is -0.383. The Labute approximate surface area is 114 Å². The second kappa shape index (κ2) is 5.84. The van der Waals surface area contributed by atoms with Crippen LogP contribution in [0.5, 0.6) is 0 Å². The van der Waals surface area contributed by atoms with Gasteiger partial charge in [-0.15, -0.1) is 11.8 Å². The second-order valence-electron chi connectivity index (χ2n) is 3.98. The molecule has 7 nitrogen and oxygen atoms in total. The minimum Gasteiger partial charge on any atom is -0.378 e. The number of H-pyrrole nitrogens is 1. The average Bonchev–Trinajstić information content (AvgIpc) is 2.43. The number of rotatable bonds is 4. The van der Waals surface area contributed by atoms with Gasteiger partial charge in [0.25, 0.3) is 11.2 Å². The Balaban J connectivity index is 2.45. The number of nitrogens with one attached hydrogen (secondary N) is 2. The number of hydrogen-bond donors (Lipinski definition) is 2. The Bertz CT molecular complexity index is 771. The first kappa shape index (κ1) is 13.5. The summed E-state index contributed by atoms with van der Waals surface area (Å²) in [6.07, 6.45) is 1.84. The Kier molecular flexibility index (Phi) is 3.96. The van der Waals surface area contributed by atoms with Crippen molar-refractivity contribution >= 4 is 22.3 Å². The lowest BCUT2D eigenvalue weighted by Crippen LogP contribution is -2.09. The van der Waals surface area contributed by atoms with Crippen molar-refractivity contribution < 1.29 is 4.92 Å². The molecule has 0 spiro atoms. The molecule has 0 aliphatic carbocycles.